The van der Waals surface area contributed by atoms with E-state index in [1.54, 1.807) is 0 Å². The maximum atomic E-state index is 11.7. The lowest BCUT2D eigenvalue weighted by molar-refractivity contribution is 0.269. The molecule has 2 aromatic rings. The van der Waals surface area contributed by atoms with E-state index in [2.05, 4.69) is 19.8 Å². The molecular weight excluding hydrogens is 326 g/mol. The lowest BCUT2D eigenvalue weighted by atomic mass is 9.98. The van der Waals surface area contributed by atoms with E-state index in [1.165, 1.54) is 22.7 Å². The largest absolute Gasteiger partial charge is 0.339 e. The number of nitrogens with one attached hydrogen (secondary N) is 1. The van der Waals surface area contributed by atoms with Crippen molar-refractivity contribution in [3.05, 3.63) is 17.0 Å². The van der Waals surface area contributed by atoms with Crippen LogP contribution in [0, 0.1) is 6.92 Å². The fourth-order valence-electron chi connectivity index (χ4n) is 2.42. The average Bonchev–Trinajstić information content (AvgIpc) is 3.16. The molecule has 1 N–H and O–H groups in total. The minimum absolute atomic E-state index is 0.0885. The van der Waals surface area contributed by atoms with Gasteiger partial charge in [0, 0.05) is 37.1 Å². The molecule has 120 valence electrons. The van der Waals surface area contributed by atoms with Gasteiger partial charge in [0.05, 0.1) is 0 Å². The number of aromatic nitrogens is 3. The summed E-state index contributed by atoms with van der Waals surface area (Å²) >= 11 is 1.48. The zero-order chi connectivity index (χ0) is 15.7. The molecule has 1 saturated heterocycles. The molecule has 3 rings (SSSR count). The van der Waals surface area contributed by atoms with Gasteiger partial charge in [-0.25, -0.2) is 9.71 Å². The highest BCUT2D eigenvalue weighted by Gasteiger charge is 2.30. The molecule has 0 spiro atoms. The van der Waals surface area contributed by atoms with Crippen molar-refractivity contribution in [2.45, 2.75) is 25.7 Å². The number of hydrogen-bond donors (Lipinski definition) is 1. The lowest BCUT2D eigenvalue weighted by Crippen LogP contribution is -2.43. The molecule has 0 unspecified atom stereocenters. The first-order valence-electron chi connectivity index (χ1n) is 6.94. The van der Waals surface area contributed by atoms with Crippen molar-refractivity contribution in [3.8, 4) is 10.8 Å². The van der Waals surface area contributed by atoms with Crippen molar-refractivity contribution in [2.75, 3.05) is 20.1 Å². The van der Waals surface area contributed by atoms with E-state index in [0.29, 0.717) is 37.6 Å². The van der Waals surface area contributed by atoms with E-state index < -0.39 is 10.2 Å². The van der Waals surface area contributed by atoms with Crippen LogP contribution < -0.4 is 4.72 Å². The Bertz CT molecular complexity index is 746. The lowest BCUT2D eigenvalue weighted by Gasteiger charge is -2.28. The van der Waals surface area contributed by atoms with E-state index in [4.69, 9.17) is 4.52 Å². The van der Waals surface area contributed by atoms with Gasteiger partial charge in [-0.05, 0) is 19.8 Å². The molecule has 1 aliphatic heterocycles. The number of rotatable bonds is 4. The zero-order valence-corrected chi connectivity index (χ0v) is 13.9. The first-order chi connectivity index (χ1) is 10.5. The van der Waals surface area contributed by atoms with Crippen LogP contribution in [0.15, 0.2) is 9.90 Å². The Hall–Kier alpha value is -1.36. The van der Waals surface area contributed by atoms with Crippen LogP contribution in [0.5, 0.6) is 0 Å². The molecule has 3 heterocycles. The number of thiazole rings is 1. The Morgan fingerprint density at radius 2 is 2.09 bits per heavy atom. The Kier molecular flexibility index (Phi) is 4.26. The van der Waals surface area contributed by atoms with Crippen LogP contribution in [0.4, 0.5) is 0 Å². The second-order valence-corrected chi connectivity index (χ2v) is 7.87. The molecule has 2 aromatic heterocycles. The summed E-state index contributed by atoms with van der Waals surface area (Å²) in [6.07, 6.45) is 1.33. The van der Waals surface area contributed by atoms with E-state index in [1.807, 2.05) is 12.3 Å². The number of nitrogens with zero attached hydrogens (tertiary/aromatic N) is 4. The molecule has 22 heavy (non-hydrogen) atoms. The van der Waals surface area contributed by atoms with Crippen molar-refractivity contribution in [1.29, 1.82) is 0 Å². The molecule has 0 atom stereocenters. The maximum Gasteiger partial charge on any atom is 0.279 e. The Labute approximate surface area is 132 Å². The summed E-state index contributed by atoms with van der Waals surface area (Å²) in [5.74, 6) is 1.15. The molecule has 0 saturated carbocycles. The van der Waals surface area contributed by atoms with Crippen LogP contribution in [-0.4, -0.2) is 48.0 Å². The smallest absolute Gasteiger partial charge is 0.279 e. The minimum Gasteiger partial charge on any atom is -0.339 e. The maximum absolute atomic E-state index is 11.7. The number of hydrogen-bond acceptors (Lipinski definition) is 7. The third-order valence-corrected chi connectivity index (χ3v) is 6.17. The van der Waals surface area contributed by atoms with Crippen LogP contribution in [-0.2, 0) is 10.2 Å². The number of piperidine rings is 1. The molecule has 0 aliphatic carbocycles. The van der Waals surface area contributed by atoms with Gasteiger partial charge in [-0.1, -0.05) is 5.16 Å². The van der Waals surface area contributed by atoms with Gasteiger partial charge in [0.1, 0.15) is 0 Å². The van der Waals surface area contributed by atoms with Gasteiger partial charge in [-0.3, -0.25) is 0 Å². The van der Waals surface area contributed by atoms with Gasteiger partial charge in [0.2, 0.25) is 11.7 Å². The molecule has 8 nitrogen and oxygen atoms in total. The Balaban J connectivity index is 1.68. The fraction of sp³-hybridized carbons (Fsp3) is 0.583. The summed E-state index contributed by atoms with van der Waals surface area (Å²) < 4.78 is 32.6. The summed E-state index contributed by atoms with van der Waals surface area (Å²) in [6, 6.07) is 0. The average molecular weight is 343 g/mol. The molecule has 0 aromatic carbocycles. The van der Waals surface area contributed by atoms with E-state index in [0.717, 1.165) is 10.7 Å². The molecule has 1 fully saturated rings. The quantitative estimate of drug-likeness (QED) is 0.893. The highest BCUT2D eigenvalue weighted by molar-refractivity contribution is 7.87. The van der Waals surface area contributed by atoms with Crippen molar-refractivity contribution in [3.63, 3.8) is 0 Å². The van der Waals surface area contributed by atoms with Gasteiger partial charge >= 0.3 is 0 Å². The van der Waals surface area contributed by atoms with Gasteiger partial charge in [0.15, 0.2) is 5.01 Å². The van der Waals surface area contributed by atoms with Crippen molar-refractivity contribution >= 4 is 21.5 Å². The molecule has 0 amide bonds. The first-order valence-corrected chi connectivity index (χ1v) is 9.26. The van der Waals surface area contributed by atoms with Crippen LogP contribution in [0.25, 0.3) is 10.8 Å². The van der Waals surface area contributed by atoms with Crippen molar-refractivity contribution in [2.24, 2.45) is 0 Å². The normalized spacial score (nSPS) is 17.9. The summed E-state index contributed by atoms with van der Waals surface area (Å²) in [5, 5.41) is 6.65. The van der Waals surface area contributed by atoms with Crippen LogP contribution >= 0.6 is 11.3 Å². The Morgan fingerprint density at radius 1 is 1.36 bits per heavy atom. The van der Waals surface area contributed by atoms with Crippen molar-refractivity contribution in [1.82, 2.24) is 24.2 Å². The summed E-state index contributed by atoms with van der Waals surface area (Å²) in [7, 11) is -1.94. The van der Waals surface area contributed by atoms with Crippen LogP contribution in [0.3, 0.4) is 0 Å². The highest BCUT2D eigenvalue weighted by atomic mass is 32.2. The highest BCUT2D eigenvalue weighted by Crippen LogP contribution is 2.29. The second-order valence-electron chi connectivity index (χ2n) is 5.13. The second kappa shape index (κ2) is 6.03. The van der Waals surface area contributed by atoms with Crippen LogP contribution in [0.2, 0.25) is 0 Å². The third kappa shape index (κ3) is 3.05. The molecule has 0 radical (unpaired) electrons. The third-order valence-electron chi connectivity index (χ3n) is 3.65. The van der Waals surface area contributed by atoms with Gasteiger partial charge in [-0.2, -0.15) is 17.7 Å². The summed E-state index contributed by atoms with van der Waals surface area (Å²) in [5.41, 5.74) is 0.928. The summed E-state index contributed by atoms with van der Waals surface area (Å²) in [4.78, 5) is 8.74. The molecule has 10 heteroatoms. The fourth-order valence-corrected chi connectivity index (χ4v) is 4.09. The number of aryl methyl sites for hydroxylation is 1. The van der Waals surface area contributed by atoms with Crippen LogP contribution in [0.1, 0.15) is 30.3 Å². The van der Waals surface area contributed by atoms with Gasteiger partial charge in [0.25, 0.3) is 10.2 Å². The SMILES string of the molecule is CNS(=O)(=O)N1CCC(c2nc(-c3nc(C)cs3)no2)CC1. The monoisotopic (exact) mass is 343 g/mol. The predicted molar refractivity (Wildman–Crippen MR) is 81.7 cm³/mol. The molecule has 1 aliphatic rings. The van der Waals surface area contributed by atoms with Crippen molar-refractivity contribution < 1.29 is 12.9 Å². The first kappa shape index (κ1) is 15.5. The van der Waals surface area contributed by atoms with E-state index >= 15 is 0 Å². The van der Waals surface area contributed by atoms with E-state index in [9.17, 15) is 8.42 Å². The molecular formula is C12H17N5O3S2. The van der Waals surface area contributed by atoms with Gasteiger partial charge in [-0.15, -0.1) is 11.3 Å². The zero-order valence-electron chi connectivity index (χ0n) is 12.3. The Morgan fingerprint density at radius 3 is 2.68 bits per heavy atom. The minimum atomic E-state index is -3.35. The molecule has 0 bridgehead atoms. The van der Waals surface area contributed by atoms with E-state index in [-0.39, 0.29) is 5.92 Å². The summed E-state index contributed by atoms with van der Waals surface area (Å²) in [6.45, 7) is 2.81. The standard InChI is InChI=1S/C12H17N5O3S2/c1-8-7-21-12(14-8)10-15-11(20-16-10)9-3-5-17(6-4-9)22(18,19)13-2/h7,9,13H,3-6H2,1-2H3. The topological polar surface area (TPSA) is 101 Å². The van der Waals surface area contributed by atoms with Gasteiger partial charge < -0.3 is 4.52 Å². The predicted octanol–water partition coefficient (Wildman–Crippen LogP) is 1.15.